The summed E-state index contributed by atoms with van der Waals surface area (Å²) in [4.78, 5) is 20.3. The summed E-state index contributed by atoms with van der Waals surface area (Å²) in [6, 6.07) is 50.4. The summed E-state index contributed by atoms with van der Waals surface area (Å²) in [7, 11) is 0. The molecule has 0 radical (unpaired) electrons. The van der Waals surface area contributed by atoms with Gasteiger partial charge >= 0.3 is 0 Å². The fourth-order valence-corrected chi connectivity index (χ4v) is 11.1. The van der Waals surface area contributed by atoms with Crippen LogP contribution in [-0.4, -0.2) is 19.9 Å². The molecule has 4 nitrogen and oxygen atoms in total. The van der Waals surface area contributed by atoms with Crippen LogP contribution < -0.4 is 0 Å². The summed E-state index contributed by atoms with van der Waals surface area (Å²) in [5.74, 6) is 4.76. The second kappa shape index (κ2) is 12.5. The number of hydrogen-bond donors (Lipinski definition) is 0. The molecular formula is C51H42N4. The van der Waals surface area contributed by atoms with Gasteiger partial charge in [0.2, 0.25) is 0 Å². The number of para-hydroxylation sites is 1. The van der Waals surface area contributed by atoms with Gasteiger partial charge in [-0.1, -0.05) is 129 Å². The van der Waals surface area contributed by atoms with Gasteiger partial charge in [0.1, 0.15) is 0 Å². The van der Waals surface area contributed by atoms with E-state index in [0.29, 0.717) is 29.3 Å². The van der Waals surface area contributed by atoms with E-state index in [2.05, 4.69) is 141 Å². The number of benzene rings is 6. The monoisotopic (exact) mass is 710 g/mol. The lowest BCUT2D eigenvalue weighted by atomic mass is 9.49. The van der Waals surface area contributed by atoms with Crippen LogP contribution in [0.2, 0.25) is 0 Å². The van der Waals surface area contributed by atoms with Gasteiger partial charge in [-0.3, -0.25) is 4.98 Å². The third-order valence-electron chi connectivity index (χ3n) is 13.2. The quantitative estimate of drug-likeness (QED) is 0.182. The molecule has 5 unspecified atom stereocenters. The van der Waals surface area contributed by atoms with E-state index in [1.54, 1.807) is 0 Å². The molecular weight excluding hydrogens is 669 g/mol. The van der Waals surface area contributed by atoms with Crippen molar-refractivity contribution in [3.05, 3.63) is 157 Å². The van der Waals surface area contributed by atoms with Gasteiger partial charge in [-0.25, -0.2) is 15.0 Å². The second-order valence-corrected chi connectivity index (χ2v) is 16.5. The van der Waals surface area contributed by atoms with Crippen molar-refractivity contribution in [2.24, 2.45) is 23.7 Å². The molecule has 2 aromatic heterocycles. The van der Waals surface area contributed by atoms with Crippen molar-refractivity contribution in [1.29, 1.82) is 0 Å². The number of rotatable bonds is 4. The Morgan fingerprint density at radius 2 is 1.11 bits per heavy atom. The van der Waals surface area contributed by atoms with Crippen LogP contribution in [0.5, 0.6) is 0 Å². The van der Waals surface area contributed by atoms with Crippen LogP contribution in [0.3, 0.4) is 0 Å². The molecule has 0 amide bonds. The second-order valence-electron chi connectivity index (χ2n) is 16.5. The van der Waals surface area contributed by atoms with E-state index >= 15 is 0 Å². The molecule has 2 fully saturated rings. The van der Waals surface area contributed by atoms with E-state index in [1.165, 1.54) is 58.7 Å². The summed E-state index contributed by atoms with van der Waals surface area (Å²) >= 11 is 0. The SMILES string of the molecule is CC1CC2CC(C)C3(c4cc(-c5nc(-c6ccccc6)nc(-c6ccc(-c7cccc8cccnc78)cc6)n5)ccc4-c4cc5ccccc5cc43)C(C1)C2. The maximum absolute atomic E-state index is 5.26. The first kappa shape index (κ1) is 32.4. The first-order valence-corrected chi connectivity index (χ1v) is 20.0. The number of hydrogen-bond acceptors (Lipinski definition) is 4. The molecule has 2 heterocycles. The van der Waals surface area contributed by atoms with Crippen LogP contribution in [0.25, 0.3) is 78.1 Å². The standard InChI is InChI=1S/C51H42N4/c1-31-24-33-26-32(2)51(41(25-31)27-33)45-30-40(21-22-43(45)44-28-38-12-6-7-13-39(38)29-46(44)51)50-54-48(36-10-4-3-5-11-36)53-49(55-50)37-19-17-34(18-20-37)42-16-8-14-35-15-9-23-52-47(35)42/h3-23,28-33,41H,24-27H2,1-2H3. The zero-order valence-corrected chi connectivity index (χ0v) is 31.3. The average Bonchev–Trinajstić information content (AvgIpc) is 3.51. The predicted molar refractivity (Wildman–Crippen MR) is 224 cm³/mol. The molecule has 3 aliphatic rings. The van der Waals surface area contributed by atoms with Crippen molar-refractivity contribution in [2.45, 2.75) is 44.9 Å². The molecule has 0 aliphatic heterocycles. The number of pyridine rings is 1. The first-order chi connectivity index (χ1) is 27.0. The predicted octanol–water partition coefficient (Wildman–Crippen LogP) is 12.6. The Balaban J connectivity index is 1.07. The van der Waals surface area contributed by atoms with Crippen LogP contribution in [0.4, 0.5) is 0 Å². The lowest BCUT2D eigenvalue weighted by Crippen LogP contribution is -2.49. The Kier molecular flexibility index (Phi) is 7.39. The Labute approximate surface area is 322 Å². The smallest absolute Gasteiger partial charge is 0.164 e. The summed E-state index contributed by atoms with van der Waals surface area (Å²) in [5.41, 5.74) is 12.0. The number of nitrogens with zero attached hydrogens (tertiary/aromatic N) is 4. The van der Waals surface area contributed by atoms with E-state index in [9.17, 15) is 0 Å². The van der Waals surface area contributed by atoms with Crippen molar-refractivity contribution >= 4 is 21.7 Å². The van der Waals surface area contributed by atoms with Crippen LogP contribution >= 0.6 is 0 Å². The molecule has 2 bridgehead atoms. The third-order valence-corrected chi connectivity index (χ3v) is 13.2. The molecule has 1 spiro atoms. The summed E-state index contributed by atoms with van der Waals surface area (Å²) in [5, 5.41) is 3.78. The Hall–Kier alpha value is -6.00. The molecule has 4 heteroatoms. The fraction of sp³-hybridized carbons (Fsp3) is 0.216. The minimum absolute atomic E-state index is 0.0414. The maximum Gasteiger partial charge on any atom is 0.164 e. The maximum atomic E-state index is 5.26. The van der Waals surface area contributed by atoms with Crippen molar-refractivity contribution < 1.29 is 0 Å². The highest BCUT2D eigenvalue weighted by molar-refractivity contribution is 5.95. The largest absolute Gasteiger partial charge is 0.256 e. The van der Waals surface area contributed by atoms with Crippen LogP contribution in [0.15, 0.2) is 146 Å². The average molecular weight is 711 g/mol. The first-order valence-electron chi connectivity index (χ1n) is 20.0. The number of fused-ring (bicyclic) bond motifs is 10. The molecule has 0 N–H and O–H groups in total. The zero-order valence-electron chi connectivity index (χ0n) is 31.3. The fourth-order valence-electron chi connectivity index (χ4n) is 11.1. The topological polar surface area (TPSA) is 51.6 Å². The normalized spacial score (nSPS) is 22.5. The van der Waals surface area contributed by atoms with Crippen molar-refractivity contribution in [3.8, 4) is 56.4 Å². The summed E-state index contributed by atoms with van der Waals surface area (Å²) < 4.78 is 0. The third kappa shape index (κ3) is 5.11. The van der Waals surface area contributed by atoms with Crippen LogP contribution in [0, 0.1) is 23.7 Å². The molecule has 6 aromatic carbocycles. The van der Waals surface area contributed by atoms with Gasteiger partial charge in [0, 0.05) is 39.3 Å². The highest BCUT2D eigenvalue weighted by Crippen LogP contribution is 2.65. The molecule has 5 atom stereocenters. The van der Waals surface area contributed by atoms with Gasteiger partial charge < -0.3 is 0 Å². The Morgan fingerprint density at radius 1 is 0.473 bits per heavy atom. The number of aromatic nitrogens is 4. The summed E-state index contributed by atoms with van der Waals surface area (Å²) in [6.07, 6.45) is 7.08. The van der Waals surface area contributed by atoms with Gasteiger partial charge in [0.05, 0.1) is 5.52 Å². The van der Waals surface area contributed by atoms with E-state index in [-0.39, 0.29) is 5.41 Å². The molecule has 0 saturated heterocycles. The van der Waals surface area contributed by atoms with E-state index in [4.69, 9.17) is 19.9 Å². The van der Waals surface area contributed by atoms with Gasteiger partial charge in [0.15, 0.2) is 17.5 Å². The molecule has 266 valence electrons. The van der Waals surface area contributed by atoms with Crippen molar-refractivity contribution in [3.63, 3.8) is 0 Å². The molecule has 55 heavy (non-hydrogen) atoms. The molecule has 11 rings (SSSR count). The van der Waals surface area contributed by atoms with Crippen molar-refractivity contribution in [1.82, 2.24) is 19.9 Å². The van der Waals surface area contributed by atoms with Crippen LogP contribution in [0.1, 0.15) is 50.7 Å². The lowest BCUT2D eigenvalue weighted by Gasteiger charge is -2.54. The zero-order chi connectivity index (χ0) is 36.7. The Morgan fingerprint density at radius 3 is 1.91 bits per heavy atom. The van der Waals surface area contributed by atoms with Gasteiger partial charge in [-0.15, -0.1) is 0 Å². The highest BCUT2D eigenvalue weighted by Gasteiger charge is 2.56. The molecule has 2 saturated carbocycles. The molecule has 3 aliphatic carbocycles. The van der Waals surface area contributed by atoms with Gasteiger partial charge in [-0.05, 0) is 112 Å². The lowest BCUT2D eigenvalue weighted by molar-refractivity contribution is 0.0427. The van der Waals surface area contributed by atoms with E-state index in [0.717, 1.165) is 50.6 Å². The Bertz CT molecular complexity index is 2760. The van der Waals surface area contributed by atoms with E-state index in [1.807, 2.05) is 18.3 Å². The van der Waals surface area contributed by atoms with Crippen LogP contribution in [-0.2, 0) is 5.41 Å². The van der Waals surface area contributed by atoms with Crippen molar-refractivity contribution in [2.75, 3.05) is 0 Å². The van der Waals surface area contributed by atoms with Gasteiger partial charge in [-0.2, -0.15) is 0 Å². The molecule has 8 aromatic rings. The minimum Gasteiger partial charge on any atom is -0.256 e. The van der Waals surface area contributed by atoms with Gasteiger partial charge in [0.25, 0.3) is 0 Å². The van der Waals surface area contributed by atoms with E-state index < -0.39 is 0 Å². The summed E-state index contributed by atoms with van der Waals surface area (Å²) in [6.45, 7) is 5.03. The highest BCUT2D eigenvalue weighted by atomic mass is 15.0. The minimum atomic E-state index is -0.0414.